The number of aromatic nitrogens is 2. The third kappa shape index (κ3) is 5.11. The average Bonchev–Trinajstić information content (AvgIpc) is 3.34. The molecule has 0 bridgehead atoms. The summed E-state index contributed by atoms with van der Waals surface area (Å²) in [6, 6.07) is 18.1. The summed E-state index contributed by atoms with van der Waals surface area (Å²) in [4.78, 5) is 17.5. The Morgan fingerprint density at radius 2 is 1.67 bits per heavy atom. The number of nitrogens with zero attached hydrogens (tertiary/aromatic N) is 3. The lowest BCUT2D eigenvalue weighted by molar-refractivity contribution is 0.0702. The van der Waals surface area contributed by atoms with Gasteiger partial charge in [-0.15, -0.1) is 0 Å². The number of ether oxygens (including phenoxy) is 1. The first-order valence-corrected chi connectivity index (χ1v) is 12.1. The van der Waals surface area contributed by atoms with Crippen molar-refractivity contribution in [3.8, 4) is 17.0 Å². The van der Waals surface area contributed by atoms with Gasteiger partial charge in [-0.25, -0.2) is 0 Å². The fourth-order valence-electron chi connectivity index (χ4n) is 4.90. The van der Waals surface area contributed by atoms with Crippen molar-refractivity contribution in [2.75, 3.05) is 26.2 Å². The van der Waals surface area contributed by atoms with Crippen LogP contribution in [0.25, 0.3) is 11.3 Å². The molecule has 2 aromatic carbocycles. The summed E-state index contributed by atoms with van der Waals surface area (Å²) in [6.45, 7) is 4.51. The Balaban J connectivity index is 1.19. The van der Waals surface area contributed by atoms with E-state index in [9.17, 15) is 4.79 Å². The molecule has 0 radical (unpaired) electrons. The summed E-state index contributed by atoms with van der Waals surface area (Å²) in [7, 11) is 0. The molecule has 33 heavy (non-hydrogen) atoms. The standard InChI is InChI=1S/C27H32N4O2/c32-27(31-15-7-2-8-16-31)24-11-5-6-12-25(24)33-23-13-17-30(18-14-23)20-22-19-28-29-26(22)21-9-3-1-4-10-21/h1,3-6,9-12,19,23H,2,7-8,13-18,20H2,(H,28,29). The first kappa shape index (κ1) is 21.7. The zero-order valence-electron chi connectivity index (χ0n) is 19.1. The molecule has 0 atom stereocenters. The average molecular weight is 445 g/mol. The largest absolute Gasteiger partial charge is 0.489 e. The number of para-hydroxylation sites is 1. The SMILES string of the molecule is O=C(c1ccccc1OC1CCN(Cc2cn[nH]c2-c2ccccc2)CC1)N1CCCCC1. The van der Waals surface area contributed by atoms with Gasteiger partial charge in [0.1, 0.15) is 11.9 Å². The Morgan fingerprint density at radius 1 is 0.939 bits per heavy atom. The number of piperidine rings is 2. The normalized spacial score (nSPS) is 17.8. The molecular weight excluding hydrogens is 412 g/mol. The number of carbonyl (C=O) groups excluding carboxylic acids is 1. The van der Waals surface area contributed by atoms with Crippen LogP contribution < -0.4 is 4.74 Å². The number of amides is 1. The van der Waals surface area contributed by atoms with Crippen molar-refractivity contribution in [1.82, 2.24) is 20.0 Å². The Labute approximate surface area is 195 Å². The zero-order chi connectivity index (χ0) is 22.5. The number of hydrogen-bond donors (Lipinski definition) is 1. The highest BCUT2D eigenvalue weighted by molar-refractivity contribution is 5.97. The lowest BCUT2D eigenvalue weighted by Gasteiger charge is -2.33. The molecule has 0 spiro atoms. The van der Waals surface area contributed by atoms with E-state index in [0.717, 1.165) is 75.4 Å². The Bertz CT molecular complexity index is 1050. The number of carbonyl (C=O) groups is 1. The highest BCUT2D eigenvalue weighted by Crippen LogP contribution is 2.27. The highest BCUT2D eigenvalue weighted by atomic mass is 16.5. The lowest BCUT2D eigenvalue weighted by Crippen LogP contribution is -2.38. The number of H-pyrrole nitrogens is 1. The lowest BCUT2D eigenvalue weighted by atomic mass is 10.0. The fourth-order valence-corrected chi connectivity index (χ4v) is 4.90. The van der Waals surface area contributed by atoms with Crippen LogP contribution in [0.2, 0.25) is 0 Å². The van der Waals surface area contributed by atoms with Gasteiger partial charge in [-0.05, 0) is 49.8 Å². The minimum atomic E-state index is 0.108. The van der Waals surface area contributed by atoms with Crippen LogP contribution >= 0.6 is 0 Å². The molecule has 5 rings (SSSR count). The van der Waals surface area contributed by atoms with Gasteiger partial charge < -0.3 is 9.64 Å². The number of nitrogens with one attached hydrogen (secondary N) is 1. The van der Waals surface area contributed by atoms with E-state index >= 15 is 0 Å². The maximum Gasteiger partial charge on any atom is 0.257 e. The van der Waals surface area contributed by atoms with Gasteiger partial charge in [0, 0.05) is 38.3 Å². The van der Waals surface area contributed by atoms with E-state index in [-0.39, 0.29) is 12.0 Å². The molecule has 0 unspecified atom stereocenters. The van der Waals surface area contributed by atoms with E-state index in [2.05, 4.69) is 39.4 Å². The van der Waals surface area contributed by atoms with Crippen LogP contribution in [-0.4, -0.2) is 58.2 Å². The van der Waals surface area contributed by atoms with Gasteiger partial charge in [0.25, 0.3) is 5.91 Å². The molecule has 172 valence electrons. The van der Waals surface area contributed by atoms with Gasteiger partial charge >= 0.3 is 0 Å². The molecule has 2 fully saturated rings. The number of hydrogen-bond acceptors (Lipinski definition) is 4. The molecule has 1 N–H and O–H groups in total. The number of benzene rings is 2. The number of aromatic amines is 1. The summed E-state index contributed by atoms with van der Waals surface area (Å²) < 4.78 is 6.38. The van der Waals surface area contributed by atoms with Crippen molar-refractivity contribution in [3.63, 3.8) is 0 Å². The fraction of sp³-hybridized carbons (Fsp3) is 0.407. The molecule has 6 nitrogen and oxygen atoms in total. The maximum atomic E-state index is 13.1. The van der Waals surface area contributed by atoms with Gasteiger partial charge in [-0.3, -0.25) is 14.8 Å². The van der Waals surface area contributed by atoms with E-state index < -0.39 is 0 Å². The van der Waals surface area contributed by atoms with Crippen LogP contribution in [0.1, 0.15) is 48.0 Å². The van der Waals surface area contributed by atoms with Crippen molar-refractivity contribution in [1.29, 1.82) is 0 Å². The first-order chi connectivity index (χ1) is 16.3. The second-order valence-corrected chi connectivity index (χ2v) is 9.08. The molecular formula is C27H32N4O2. The van der Waals surface area contributed by atoms with Crippen molar-refractivity contribution >= 4 is 5.91 Å². The quantitative estimate of drug-likeness (QED) is 0.596. The topological polar surface area (TPSA) is 61.5 Å². The van der Waals surface area contributed by atoms with Gasteiger partial charge in [-0.2, -0.15) is 5.10 Å². The molecule has 0 aliphatic carbocycles. The minimum absolute atomic E-state index is 0.108. The number of likely N-dealkylation sites (tertiary alicyclic amines) is 2. The Kier molecular flexibility index (Phi) is 6.72. The minimum Gasteiger partial charge on any atom is -0.489 e. The molecule has 3 heterocycles. The van der Waals surface area contributed by atoms with Crippen LogP contribution in [0.5, 0.6) is 5.75 Å². The first-order valence-electron chi connectivity index (χ1n) is 12.1. The van der Waals surface area contributed by atoms with Crippen molar-refractivity contribution in [3.05, 3.63) is 71.9 Å². The highest BCUT2D eigenvalue weighted by Gasteiger charge is 2.25. The summed E-state index contributed by atoms with van der Waals surface area (Å²) >= 11 is 0. The molecule has 6 heteroatoms. The van der Waals surface area contributed by atoms with E-state index in [1.54, 1.807) is 0 Å². The van der Waals surface area contributed by atoms with Crippen LogP contribution in [-0.2, 0) is 6.54 Å². The maximum absolute atomic E-state index is 13.1. The van der Waals surface area contributed by atoms with Crippen molar-refractivity contribution in [2.24, 2.45) is 0 Å². The van der Waals surface area contributed by atoms with E-state index in [1.165, 1.54) is 12.0 Å². The van der Waals surface area contributed by atoms with Crippen molar-refractivity contribution < 1.29 is 9.53 Å². The number of rotatable bonds is 6. The van der Waals surface area contributed by atoms with Gasteiger partial charge in [0.05, 0.1) is 17.5 Å². The third-order valence-corrected chi connectivity index (χ3v) is 6.76. The molecule has 2 aliphatic rings. The van der Waals surface area contributed by atoms with Crippen LogP contribution in [0.3, 0.4) is 0 Å². The molecule has 1 aromatic heterocycles. The molecule has 1 amide bonds. The summed E-state index contributed by atoms with van der Waals surface area (Å²) in [6.07, 6.45) is 7.37. The monoisotopic (exact) mass is 444 g/mol. The second-order valence-electron chi connectivity index (χ2n) is 9.08. The Hall–Kier alpha value is -3.12. The zero-order valence-corrected chi connectivity index (χ0v) is 19.1. The summed E-state index contributed by atoms with van der Waals surface area (Å²) in [5.41, 5.74) is 4.18. The smallest absolute Gasteiger partial charge is 0.257 e. The van der Waals surface area contributed by atoms with Crippen LogP contribution in [0.15, 0.2) is 60.8 Å². The Morgan fingerprint density at radius 3 is 2.45 bits per heavy atom. The van der Waals surface area contributed by atoms with Gasteiger partial charge in [-0.1, -0.05) is 42.5 Å². The van der Waals surface area contributed by atoms with Crippen LogP contribution in [0.4, 0.5) is 0 Å². The van der Waals surface area contributed by atoms with E-state index in [0.29, 0.717) is 5.56 Å². The summed E-state index contributed by atoms with van der Waals surface area (Å²) in [5, 5.41) is 7.45. The molecule has 3 aromatic rings. The van der Waals surface area contributed by atoms with Crippen LogP contribution in [0, 0.1) is 0 Å². The van der Waals surface area contributed by atoms with E-state index in [4.69, 9.17) is 4.74 Å². The molecule has 2 saturated heterocycles. The predicted octanol–water partition coefficient (Wildman–Crippen LogP) is 4.75. The van der Waals surface area contributed by atoms with E-state index in [1.807, 2.05) is 41.4 Å². The molecule has 0 saturated carbocycles. The second kappa shape index (κ2) is 10.2. The van der Waals surface area contributed by atoms with Gasteiger partial charge in [0.2, 0.25) is 0 Å². The van der Waals surface area contributed by atoms with Gasteiger partial charge in [0.15, 0.2) is 0 Å². The third-order valence-electron chi connectivity index (χ3n) is 6.76. The summed E-state index contributed by atoms with van der Waals surface area (Å²) in [5.74, 6) is 0.837. The predicted molar refractivity (Wildman–Crippen MR) is 129 cm³/mol. The van der Waals surface area contributed by atoms with Crippen molar-refractivity contribution in [2.45, 2.75) is 44.8 Å². The molecule has 2 aliphatic heterocycles.